The van der Waals surface area contributed by atoms with Crippen LogP contribution in [-0.4, -0.2) is 47.9 Å². The molecule has 37 heavy (non-hydrogen) atoms. The molecule has 1 spiro atoms. The summed E-state index contributed by atoms with van der Waals surface area (Å²) in [4.78, 5) is 2.97. The Labute approximate surface area is 229 Å². The molecule has 4 bridgehead atoms. The molecule has 0 radical (unpaired) electrons. The molecule has 6 rings (SSSR count). The molecule has 3 aliphatic carbocycles. The first-order chi connectivity index (χ1) is 17.9. The fourth-order valence-electron chi connectivity index (χ4n) is 7.95. The fourth-order valence-corrected chi connectivity index (χ4v) is 9.07. The maximum absolute atomic E-state index is 6.86. The number of fused-ring (bicyclic) bond motifs is 4. The summed E-state index contributed by atoms with van der Waals surface area (Å²) >= 11 is 1.97. The van der Waals surface area contributed by atoms with E-state index >= 15 is 0 Å². The molecule has 3 saturated carbocycles. The molecule has 5 unspecified atom stereocenters. The summed E-state index contributed by atoms with van der Waals surface area (Å²) in [7, 11) is 0. The first kappa shape index (κ1) is 26.6. The first-order valence-electron chi connectivity index (χ1n) is 15.2. The minimum atomic E-state index is 0.0508. The SMILES string of the molecule is Cc1cccc(C)c1C1CC2NC(NSC3CCCC(C3)CN(C3CC4(CC4)C3)[C@H](CC(C)C)CO2)N1. The second-order valence-electron chi connectivity index (χ2n) is 13.6. The molecule has 5 nitrogen and oxygen atoms in total. The Morgan fingerprint density at radius 3 is 2.59 bits per heavy atom. The summed E-state index contributed by atoms with van der Waals surface area (Å²) in [5.41, 5.74) is 4.94. The van der Waals surface area contributed by atoms with Gasteiger partial charge in [-0.1, -0.05) is 50.4 Å². The number of hydrogen-bond donors (Lipinski definition) is 3. The van der Waals surface area contributed by atoms with E-state index in [4.69, 9.17) is 4.74 Å². The van der Waals surface area contributed by atoms with Crippen molar-refractivity contribution in [1.29, 1.82) is 0 Å². The molecule has 1 aromatic rings. The van der Waals surface area contributed by atoms with Gasteiger partial charge in [-0.15, -0.1) is 0 Å². The number of rotatable bonds is 4. The summed E-state index contributed by atoms with van der Waals surface area (Å²) in [6.07, 6.45) is 13.6. The van der Waals surface area contributed by atoms with E-state index in [1.165, 1.54) is 81.0 Å². The molecule has 0 aromatic heterocycles. The number of ether oxygens (including phenoxy) is 1. The summed E-state index contributed by atoms with van der Waals surface area (Å²) < 4.78 is 10.7. The Morgan fingerprint density at radius 1 is 1.08 bits per heavy atom. The largest absolute Gasteiger partial charge is 0.362 e. The van der Waals surface area contributed by atoms with E-state index in [1.807, 2.05) is 11.9 Å². The van der Waals surface area contributed by atoms with Gasteiger partial charge in [0, 0.05) is 36.3 Å². The van der Waals surface area contributed by atoms with Crippen LogP contribution in [0.5, 0.6) is 0 Å². The standard InChI is InChI=1S/C31H50N4OS/c1-20(2)13-24-19-36-28-15-27(29-21(3)7-5-8-22(29)4)32-30(33-28)34-37-26-10-6-9-23(14-26)18-35(24)25-16-31(17-25)11-12-31/h5,7-8,20,23-28,30,32-34H,6,9-19H2,1-4H3/t23?,24-,26?,27?,28?,30?/m1/s1. The van der Waals surface area contributed by atoms with E-state index in [0.29, 0.717) is 17.2 Å². The lowest BCUT2D eigenvalue weighted by atomic mass is 9.74. The van der Waals surface area contributed by atoms with Crippen LogP contribution in [0.4, 0.5) is 0 Å². The Balaban J connectivity index is 1.25. The zero-order valence-electron chi connectivity index (χ0n) is 23.6. The van der Waals surface area contributed by atoms with Gasteiger partial charge >= 0.3 is 0 Å². The highest BCUT2D eigenvalue weighted by Crippen LogP contribution is 2.62. The monoisotopic (exact) mass is 526 g/mol. The predicted molar refractivity (Wildman–Crippen MR) is 154 cm³/mol. The zero-order valence-corrected chi connectivity index (χ0v) is 24.4. The quantitative estimate of drug-likeness (QED) is 0.417. The van der Waals surface area contributed by atoms with Crippen molar-refractivity contribution in [3.8, 4) is 0 Å². The summed E-state index contributed by atoms with van der Waals surface area (Å²) in [5, 5.41) is 8.38. The van der Waals surface area contributed by atoms with Crippen LogP contribution in [0.1, 0.15) is 101 Å². The van der Waals surface area contributed by atoms with Crippen LogP contribution in [0.2, 0.25) is 0 Å². The highest BCUT2D eigenvalue weighted by Gasteiger charge is 2.55. The molecule has 1 aromatic carbocycles. The summed E-state index contributed by atoms with van der Waals surface area (Å²) in [6, 6.07) is 8.28. The van der Waals surface area contributed by atoms with E-state index in [2.05, 4.69) is 66.1 Å². The molecule has 5 fully saturated rings. The van der Waals surface area contributed by atoms with Crippen molar-refractivity contribution in [2.75, 3.05) is 13.2 Å². The third-order valence-electron chi connectivity index (χ3n) is 10.1. The minimum Gasteiger partial charge on any atom is -0.362 e. The maximum atomic E-state index is 6.86. The Morgan fingerprint density at radius 2 is 1.86 bits per heavy atom. The minimum absolute atomic E-state index is 0.0508. The molecule has 6 atom stereocenters. The molecule has 2 aliphatic heterocycles. The van der Waals surface area contributed by atoms with Crippen molar-refractivity contribution in [2.45, 2.75) is 128 Å². The van der Waals surface area contributed by atoms with E-state index in [-0.39, 0.29) is 18.6 Å². The molecule has 3 N–H and O–H groups in total. The van der Waals surface area contributed by atoms with Crippen LogP contribution in [0.3, 0.4) is 0 Å². The van der Waals surface area contributed by atoms with E-state index in [9.17, 15) is 0 Å². The van der Waals surface area contributed by atoms with Crippen molar-refractivity contribution in [1.82, 2.24) is 20.3 Å². The van der Waals surface area contributed by atoms with Crippen LogP contribution < -0.4 is 15.4 Å². The first-order valence-corrected chi connectivity index (χ1v) is 16.1. The van der Waals surface area contributed by atoms with Gasteiger partial charge in [0.1, 0.15) is 12.5 Å². The number of hydrogen-bond acceptors (Lipinski definition) is 6. The average molecular weight is 527 g/mol. The van der Waals surface area contributed by atoms with E-state index in [0.717, 1.165) is 30.4 Å². The Hall–Kier alpha value is -0.630. The summed E-state index contributed by atoms with van der Waals surface area (Å²) in [6.45, 7) is 11.4. The maximum Gasteiger partial charge on any atom is 0.123 e. The lowest BCUT2D eigenvalue weighted by Gasteiger charge is -2.49. The van der Waals surface area contributed by atoms with Crippen molar-refractivity contribution in [3.05, 3.63) is 34.9 Å². The number of nitrogens with zero attached hydrogens (tertiary/aromatic N) is 1. The smallest absolute Gasteiger partial charge is 0.123 e. The van der Waals surface area contributed by atoms with Gasteiger partial charge in [-0.2, -0.15) is 0 Å². The number of aryl methyl sites for hydroxylation is 2. The Kier molecular flexibility index (Phi) is 7.97. The van der Waals surface area contributed by atoms with Crippen LogP contribution in [0.25, 0.3) is 0 Å². The van der Waals surface area contributed by atoms with Crippen molar-refractivity contribution in [2.24, 2.45) is 17.3 Å². The Bertz CT molecular complexity index is 908. The topological polar surface area (TPSA) is 48.6 Å². The van der Waals surface area contributed by atoms with Gasteiger partial charge in [-0.05, 0) is 99.2 Å². The lowest BCUT2D eigenvalue weighted by Crippen LogP contribution is -2.61. The van der Waals surface area contributed by atoms with Crippen molar-refractivity contribution >= 4 is 11.9 Å². The van der Waals surface area contributed by atoms with Gasteiger partial charge in [0.25, 0.3) is 0 Å². The van der Waals surface area contributed by atoms with Gasteiger partial charge in [0.2, 0.25) is 0 Å². The molecule has 206 valence electrons. The van der Waals surface area contributed by atoms with Gasteiger partial charge in [-0.3, -0.25) is 15.5 Å². The van der Waals surface area contributed by atoms with Crippen LogP contribution in [0.15, 0.2) is 18.2 Å². The van der Waals surface area contributed by atoms with E-state index < -0.39 is 0 Å². The number of nitrogens with one attached hydrogen (secondary N) is 3. The fraction of sp³-hybridized carbons (Fsp3) is 0.806. The average Bonchev–Trinajstić information content (AvgIpc) is 3.64. The van der Waals surface area contributed by atoms with Gasteiger partial charge < -0.3 is 4.74 Å². The van der Waals surface area contributed by atoms with Crippen LogP contribution in [-0.2, 0) is 4.74 Å². The third kappa shape index (κ3) is 6.10. The second kappa shape index (κ2) is 11.1. The summed E-state index contributed by atoms with van der Waals surface area (Å²) in [5.74, 6) is 1.51. The molecular formula is C31H50N4OS. The van der Waals surface area contributed by atoms with Crippen LogP contribution in [0, 0.1) is 31.1 Å². The molecular weight excluding hydrogens is 476 g/mol. The van der Waals surface area contributed by atoms with Gasteiger partial charge in [0.15, 0.2) is 0 Å². The zero-order chi connectivity index (χ0) is 25.6. The molecule has 5 aliphatic rings. The molecule has 2 heterocycles. The molecule has 6 heteroatoms. The van der Waals surface area contributed by atoms with Gasteiger partial charge in [-0.25, -0.2) is 4.72 Å². The lowest BCUT2D eigenvalue weighted by molar-refractivity contribution is -0.0692. The number of benzene rings is 1. The third-order valence-corrected chi connectivity index (χ3v) is 11.2. The molecule has 0 amide bonds. The van der Waals surface area contributed by atoms with Gasteiger partial charge in [0.05, 0.1) is 6.61 Å². The van der Waals surface area contributed by atoms with Crippen LogP contribution >= 0.6 is 11.9 Å². The van der Waals surface area contributed by atoms with Crippen molar-refractivity contribution < 1.29 is 4.74 Å². The van der Waals surface area contributed by atoms with E-state index in [1.54, 1.807) is 0 Å². The van der Waals surface area contributed by atoms with Crippen molar-refractivity contribution in [3.63, 3.8) is 0 Å². The molecule has 2 saturated heterocycles. The predicted octanol–water partition coefficient (Wildman–Crippen LogP) is 6.02. The highest BCUT2D eigenvalue weighted by atomic mass is 32.2. The normalized spacial score (nSPS) is 36.9. The second-order valence-corrected chi connectivity index (χ2v) is 14.8. The highest BCUT2D eigenvalue weighted by molar-refractivity contribution is 7.98.